The molecule has 1 aliphatic heterocycles. The van der Waals surface area contributed by atoms with Gasteiger partial charge in [-0.15, -0.1) is 0 Å². The first kappa shape index (κ1) is 23.8. The molecule has 7 heteroatoms. The maximum absolute atomic E-state index is 13.3. The molecular formula is C28H26N2O5. The van der Waals surface area contributed by atoms with Crippen molar-refractivity contribution in [1.82, 2.24) is 0 Å². The van der Waals surface area contributed by atoms with E-state index >= 15 is 0 Å². The zero-order valence-corrected chi connectivity index (χ0v) is 20.0. The molecule has 0 saturated carbocycles. The molecule has 1 unspecified atom stereocenters. The van der Waals surface area contributed by atoms with Crippen molar-refractivity contribution < 1.29 is 24.2 Å². The van der Waals surface area contributed by atoms with Crippen LogP contribution in [-0.4, -0.2) is 29.8 Å². The maximum Gasteiger partial charge on any atom is 0.300 e. The molecule has 2 amide bonds. The minimum Gasteiger partial charge on any atom is -0.507 e. The number of carbonyl (C=O) groups excluding carboxylic acids is 3. The second kappa shape index (κ2) is 9.46. The lowest BCUT2D eigenvalue weighted by Gasteiger charge is -2.26. The number of amides is 2. The Morgan fingerprint density at radius 3 is 2.31 bits per heavy atom. The number of Topliss-reactive ketones (excluding diaryl/α,β-unsaturated/α-hetero) is 1. The second-order valence-electron chi connectivity index (χ2n) is 8.47. The first-order chi connectivity index (χ1) is 16.7. The molecule has 0 radical (unpaired) electrons. The summed E-state index contributed by atoms with van der Waals surface area (Å²) in [6, 6.07) is 18.2. The normalized spacial score (nSPS) is 16.9. The van der Waals surface area contributed by atoms with E-state index in [9.17, 15) is 19.5 Å². The minimum atomic E-state index is -0.880. The monoisotopic (exact) mass is 470 g/mol. The van der Waals surface area contributed by atoms with Gasteiger partial charge in [0.1, 0.15) is 11.5 Å². The largest absolute Gasteiger partial charge is 0.507 e. The lowest BCUT2D eigenvalue weighted by atomic mass is 9.94. The summed E-state index contributed by atoms with van der Waals surface area (Å²) in [6.07, 6.45) is 0. The Morgan fingerprint density at radius 1 is 0.971 bits per heavy atom. The minimum absolute atomic E-state index is 0.00616. The predicted molar refractivity (Wildman–Crippen MR) is 134 cm³/mol. The van der Waals surface area contributed by atoms with Crippen molar-refractivity contribution in [3.63, 3.8) is 0 Å². The van der Waals surface area contributed by atoms with Crippen LogP contribution in [0.5, 0.6) is 5.75 Å². The van der Waals surface area contributed by atoms with Crippen LogP contribution in [0.1, 0.15) is 35.2 Å². The fourth-order valence-electron chi connectivity index (χ4n) is 4.18. The number of benzene rings is 3. The summed E-state index contributed by atoms with van der Waals surface area (Å²) < 4.78 is 5.26. The van der Waals surface area contributed by atoms with Gasteiger partial charge >= 0.3 is 0 Å². The summed E-state index contributed by atoms with van der Waals surface area (Å²) in [7, 11) is 1.55. The zero-order chi connectivity index (χ0) is 25.3. The molecular weight excluding hydrogens is 444 g/mol. The number of ether oxygens (including phenoxy) is 1. The number of anilines is 2. The van der Waals surface area contributed by atoms with E-state index in [2.05, 4.69) is 5.32 Å². The van der Waals surface area contributed by atoms with E-state index in [0.717, 1.165) is 11.1 Å². The summed E-state index contributed by atoms with van der Waals surface area (Å²) in [4.78, 5) is 39.6. The third-order valence-electron chi connectivity index (χ3n) is 6.10. The van der Waals surface area contributed by atoms with Gasteiger partial charge in [-0.1, -0.05) is 30.3 Å². The van der Waals surface area contributed by atoms with Crippen molar-refractivity contribution >= 4 is 34.7 Å². The van der Waals surface area contributed by atoms with Gasteiger partial charge in [-0.2, -0.15) is 0 Å². The van der Waals surface area contributed by atoms with Gasteiger partial charge in [0.15, 0.2) is 0 Å². The van der Waals surface area contributed by atoms with Crippen molar-refractivity contribution in [3.05, 3.63) is 94.6 Å². The number of hydrogen-bond acceptors (Lipinski definition) is 5. The van der Waals surface area contributed by atoms with Crippen molar-refractivity contribution in [3.8, 4) is 5.75 Å². The smallest absolute Gasteiger partial charge is 0.300 e. The highest BCUT2D eigenvalue weighted by atomic mass is 16.5. The Bertz CT molecular complexity index is 1360. The molecule has 0 aromatic heterocycles. The van der Waals surface area contributed by atoms with Gasteiger partial charge in [0, 0.05) is 23.9 Å². The molecule has 3 aromatic carbocycles. The zero-order valence-electron chi connectivity index (χ0n) is 20.0. The van der Waals surface area contributed by atoms with Crippen LogP contribution in [0.4, 0.5) is 11.4 Å². The molecule has 1 aliphatic rings. The van der Waals surface area contributed by atoms with E-state index in [0.29, 0.717) is 28.3 Å². The van der Waals surface area contributed by atoms with Crippen LogP contribution in [0.15, 0.2) is 72.3 Å². The number of carbonyl (C=O) groups is 3. The topological polar surface area (TPSA) is 95.9 Å². The number of aliphatic hydroxyl groups is 1. The van der Waals surface area contributed by atoms with Crippen LogP contribution < -0.4 is 15.0 Å². The van der Waals surface area contributed by atoms with Crippen molar-refractivity contribution in [2.24, 2.45) is 0 Å². The van der Waals surface area contributed by atoms with Gasteiger partial charge < -0.3 is 15.2 Å². The van der Waals surface area contributed by atoms with E-state index in [1.54, 1.807) is 67.8 Å². The fraction of sp³-hybridized carbons (Fsp3) is 0.179. The van der Waals surface area contributed by atoms with Gasteiger partial charge in [0.25, 0.3) is 11.7 Å². The van der Waals surface area contributed by atoms with Crippen LogP contribution in [0.25, 0.3) is 5.76 Å². The molecule has 178 valence electrons. The van der Waals surface area contributed by atoms with Crippen molar-refractivity contribution in [2.75, 3.05) is 17.3 Å². The number of nitrogens with zero attached hydrogens (tertiary/aromatic N) is 1. The lowest BCUT2D eigenvalue weighted by molar-refractivity contribution is -0.132. The number of aryl methyl sites for hydroxylation is 2. The Morgan fingerprint density at radius 2 is 1.69 bits per heavy atom. The standard InChI is InChI=1S/C28H26N2O5/c1-16-8-9-20(14-17(16)2)26(32)24-25(19-10-12-23(35-4)13-11-19)30(28(34)27(24)33)22-7-5-6-21(15-22)29-18(3)31/h5-15,25,32H,1-4H3,(H,29,31)/b26-24+. The maximum atomic E-state index is 13.3. The van der Waals surface area contributed by atoms with Crippen LogP contribution in [-0.2, 0) is 14.4 Å². The molecule has 0 spiro atoms. The molecule has 2 N–H and O–H groups in total. The lowest BCUT2D eigenvalue weighted by Crippen LogP contribution is -2.29. The molecule has 7 nitrogen and oxygen atoms in total. The SMILES string of the molecule is COc1ccc(C2/C(=C(\O)c3ccc(C)c(C)c3)C(=O)C(=O)N2c2cccc(NC(C)=O)c2)cc1. The van der Waals surface area contributed by atoms with Crippen LogP contribution >= 0.6 is 0 Å². The van der Waals surface area contributed by atoms with E-state index in [4.69, 9.17) is 4.74 Å². The average molecular weight is 471 g/mol. The first-order valence-corrected chi connectivity index (χ1v) is 11.1. The highest BCUT2D eigenvalue weighted by Crippen LogP contribution is 2.43. The van der Waals surface area contributed by atoms with Crippen molar-refractivity contribution in [1.29, 1.82) is 0 Å². The summed E-state index contributed by atoms with van der Waals surface area (Å²) >= 11 is 0. The second-order valence-corrected chi connectivity index (χ2v) is 8.47. The number of hydrogen-bond donors (Lipinski definition) is 2. The molecule has 3 aromatic rings. The van der Waals surface area contributed by atoms with Crippen molar-refractivity contribution in [2.45, 2.75) is 26.8 Å². The van der Waals surface area contributed by atoms with Crippen LogP contribution in [0.3, 0.4) is 0 Å². The summed E-state index contributed by atoms with van der Waals surface area (Å²) in [5.41, 5.74) is 3.97. The van der Waals surface area contributed by atoms with Gasteiger partial charge in [0.2, 0.25) is 5.91 Å². The first-order valence-electron chi connectivity index (χ1n) is 11.1. The summed E-state index contributed by atoms with van der Waals surface area (Å²) in [6.45, 7) is 5.26. The van der Waals surface area contributed by atoms with Gasteiger partial charge in [-0.05, 0) is 66.9 Å². The van der Waals surface area contributed by atoms with Gasteiger partial charge in [0.05, 0.1) is 18.7 Å². The van der Waals surface area contributed by atoms with E-state index in [1.807, 2.05) is 19.9 Å². The van der Waals surface area contributed by atoms with E-state index in [-0.39, 0.29) is 17.2 Å². The molecule has 1 saturated heterocycles. The molecule has 35 heavy (non-hydrogen) atoms. The van der Waals surface area contributed by atoms with Crippen LogP contribution in [0.2, 0.25) is 0 Å². The fourth-order valence-corrected chi connectivity index (χ4v) is 4.18. The molecule has 0 bridgehead atoms. The third kappa shape index (κ3) is 4.53. The Labute approximate surface area is 203 Å². The molecule has 4 rings (SSSR count). The molecule has 1 heterocycles. The Balaban J connectivity index is 1.92. The van der Waals surface area contributed by atoms with Gasteiger partial charge in [-0.3, -0.25) is 19.3 Å². The van der Waals surface area contributed by atoms with Crippen LogP contribution in [0, 0.1) is 13.8 Å². The number of aliphatic hydroxyl groups excluding tert-OH is 1. The number of rotatable bonds is 5. The Hall–Kier alpha value is -4.39. The average Bonchev–Trinajstić information content (AvgIpc) is 3.10. The third-order valence-corrected chi connectivity index (χ3v) is 6.10. The highest BCUT2D eigenvalue weighted by molar-refractivity contribution is 6.51. The summed E-state index contributed by atoms with van der Waals surface area (Å²) in [5.74, 6) is -1.44. The molecule has 1 atom stereocenters. The highest BCUT2D eigenvalue weighted by Gasteiger charge is 2.47. The van der Waals surface area contributed by atoms with Gasteiger partial charge in [-0.25, -0.2) is 0 Å². The Kier molecular flexibility index (Phi) is 6.42. The predicted octanol–water partition coefficient (Wildman–Crippen LogP) is 4.90. The molecule has 1 fully saturated rings. The summed E-state index contributed by atoms with van der Waals surface area (Å²) in [5, 5.41) is 14.0. The number of ketones is 1. The van der Waals surface area contributed by atoms with E-state index in [1.165, 1.54) is 11.8 Å². The van der Waals surface area contributed by atoms with E-state index < -0.39 is 17.7 Å². The quantitative estimate of drug-likeness (QED) is 0.314. The number of nitrogens with one attached hydrogen (secondary N) is 1. The molecule has 0 aliphatic carbocycles. The number of methoxy groups -OCH3 is 1.